The van der Waals surface area contributed by atoms with E-state index in [4.69, 9.17) is 5.84 Å². The van der Waals surface area contributed by atoms with Crippen LogP contribution in [-0.2, 0) is 6.54 Å². The van der Waals surface area contributed by atoms with E-state index in [0.717, 1.165) is 12.1 Å². The Morgan fingerprint density at radius 3 is 2.81 bits per heavy atom. The van der Waals surface area contributed by atoms with Crippen LogP contribution in [0.1, 0.15) is 21.5 Å². The predicted molar refractivity (Wildman–Crippen MR) is 83.9 cm³/mol. The molecule has 1 heterocycles. The van der Waals surface area contributed by atoms with Crippen LogP contribution in [-0.4, -0.2) is 10.5 Å². The standard InChI is InChI=1S/C17H17N3O/c1-12-10-20(16-8-3-2-7-15(12)16)11-13-5-4-6-14(9-13)17(21)19-18/h2-10H,11,18H2,1H3,(H,19,21). The average molecular weight is 279 g/mol. The van der Waals surface area contributed by atoms with Crippen LogP contribution in [0.5, 0.6) is 0 Å². The monoisotopic (exact) mass is 279 g/mol. The van der Waals surface area contributed by atoms with Gasteiger partial charge in [0.05, 0.1) is 0 Å². The molecule has 0 atom stereocenters. The highest BCUT2D eigenvalue weighted by Gasteiger charge is 2.07. The van der Waals surface area contributed by atoms with Gasteiger partial charge in [-0.1, -0.05) is 30.3 Å². The largest absolute Gasteiger partial charge is 0.343 e. The number of amides is 1. The molecule has 21 heavy (non-hydrogen) atoms. The first-order valence-corrected chi connectivity index (χ1v) is 6.83. The van der Waals surface area contributed by atoms with Gasteiger partial charge in [0.2, 0.25) is 0 Å². The first kappa shape index (κ1) is 13.4. The molecule has 0 saturated heterocycles. The van der Waals surface area contributed by atoms with Gasteiger partial charge in [-0.05, 0) is 36.2 Å². The fourth-order valence-corrected chi connectivity index (χ4v) is 2.65. The lowest BCUT2D eigenvalue weighted by atomic mass is 10.1. The lowest BCUT2D eigenvalue weighted by molar-refractivity contribution is 0.0953. The minimum atomic E-state index is -0.273. The van der Waals surface area contributed by atoms with Crippen LogP contribution < -0.4 is 11.3 Å². The molecule has 3 aromatic rings. The van der Waals surface area contributed by atoms with E-state index in [-0.39, 0.29) is 5.91 Å². The molecule has 0 radical (unpaired) electrons. The van der Waals surface area contributed by atoms with Gasteiger partial charge in [-0.25, -0.2) is 5.84 Å². The number of fused-ring (bicyclic) bond motifs is 1. The Labute approximate surface area is 123 Å². The molecule has 2 aromatic carbocycles. The van der Waals surface area contributed by atoms with Crippen molar-refractivity contribution >= 4 is 16.8 Å². The molecule has 0 aliphatic heterocycles. The lowest BCUT2D eigenvalue weighted by Crippen LogP contribution is -2.30. The Balaban J connectivity index is 1.97. The molecule has 1 aromatic heterocycles. The number of aryl methyl sites for hydroxylation is 1. The Kier molecular flexibility index (Phi) is 3.46. The van der Waals surface area contributed by atoms with Crippen molar-refractivity contribution in [3.63, 3.8) is 0 Å². The third-order valence-electron chi connectivity index (χ3n) is 3.66. The number of nitrogen functional groups attached to an aromatic ring is 1. The summed E-state index contributed by atoms with van der Waals surface area (Å²) < 4.78 is 2.20. The van der Waals surface area contributed by atoms with E-state index in [0.29, 0.717) is 5.56 Å². The van der Waals surface area contributed by atoms with Crippen molar-refractivity contribution in [2.24, 2.45) is 5.84 Å². The first-order chi connectivity index (χ1) is 10.2. The van der Waals surface area contributed by atoms with Crippen molar-refractivity contribution in [3.8, 4) is 0 Å². The Morgan fingerprint density at radius 2 is 2.00 bits per heavy atom. The van der Waals surface area contributed by atoms with Gasteiger partial charge in [0.25, 0.3) is 5.91 Å². The molecule has 0 aliphatic rings. The zero-order valence-electron chi connectivity index (χ0n) is 11.8. The maximum absolute atomic E-state index is 11.6. The molecule has 0 fully saturated rings. The zero-order chi connectivity index (χ0) is 14.8. The highest BCUT2D eigenvalue weighted by molar-refractivity contribution is 5.93. The van der Waals surface area contributed by atoms with E-state index in [1.807, 2.05) is 30.3 Å². The predicted octanol–water partition coefficient (Wildman–Crippen LogP) is 2.60. The fraction of sp³-hybridized carbons (Fsp3) is 0.118. The number of nitrogens with zero attached hydrogens (tertiary/aromatic N) is 1. The summed E-state index contributed by atoms with van der Waals surface area (Å²) in [6, 6.07) is 15.8. The van der Waals surface area contributed by atoms with Crippen molar-refractivity contribution in [1.82, 2.24) is 9.99 Å². The Hall–Kier alpha value is -2.59. The van der Waals surface area contributed by atoms with E-state index in [1.54, 1.807) is 6.07 Å². The van der Waals surface area contributed by atoms with E-state index in [9.17, 15) is 4.79 Å². The highest BCUT2D eigenvalue weighted by Crippen LogP contribution is 2.21. The molecule has 0 saturated carbocycles. The molecule has 106 valence electrons. The molecule has 0 spiro atoms. The van der Waals surface area contributed by atoms with Crippen LogP contribution in [0.2, 0.25) is 0 Å². The highest BCUT2D eigenvalue weighted by atomic mass is 16.2. The lowest BCUT2D eigenvalue weighted by Gasteiger charge is -2.07. The SMILES string of the molecule is Cc1cn(Cc2cccc(C(=O)NN)c2)c2ccccc12. The van der Waals surface area contributed by atoms with E-state index in [2.05, 4.69) is 35.2 Å². The molecule has 0 aliphatic carbocycles. The second kappa shape index (κ2) is 5.42. The van der Waals surface area contributed by atoms with Crippen LogP contribution in [0.25, 0.3) is 10.9 Å². The minimum Gasteiger partial charge on any atom is -0.343 e. The Bertz CT molecular complexity index is 805. The number of aromatic nitrogens is 1. The van der Waals surface area contributed by atoms with Gasteiger partial charge < -0.3 is 4.57 Å². The molecule has 0 bridgehead atoms. The summed E-state index contributed by atoms with van der Waals surface area (Å²) in [5.74, 6) is 4.91. The number of nitrogens with two attached hydrogens (primary N) is 1. The van der Waals surface area contributed by atoms with E-state index in [1.165, 1.54) is 16.5 Å². The fourth-order valence-electron chi connectivity index (χ4n) is 2.65. The number of hydrogen-bond donors (Lipinski definition) is 2. The van der Waals surface area contributed by atoms with Crippen LogP contribution in [0.3, 0.4) is 0 Å². The quantitative estimate of drug-likeness (QED) is 0.440. The maximum Gasteiger partial charge on any atom is 0.265 e. The van der Waals surface area contributed by atoms with Crippen molar-refractivity contribution in [2.45, 2.75) is 13.5 Å². The van der Waals surface area contributed by atoms with E-state index < -0.39 is 0 Å². The van der Waals surface area contributed by atoms with Crippen molar-refractivity contribution in [2.75, 3.05) is 0 Å². The molecule has 1 amide bonds. The van der Waals surface area contributed by atoms with Gasteiger partial charge in [-0.2, -0.15) is 0 Å². The zero-order valence-corrected chi connectivity index (χ0v) is 11.8. The normalized spacial score (nSPS) is 10.8. The number of hydrazine groups is 1. The number of benzene rings is 2. The van der Waals surface area contributed by atoms with Crippen LogP contribution >= 0.6 is 0 Å². The molecular weight excluding hydrogens is 262 g/mol. The number of nitrogens with one attached hydrogen (secondary N) is 1. The Morgan fingerprint density at radius 1 is 1.19 bits per heavy atom. The van der Waals surface area contributed by atoms with Gasteiger partial charge in [0, 0.05) is 29.2 Å². The van der Waals surface area contributed by atoms with Crippen molar-refractivity contribution < 1.29 is 4.79 Å². The first-order valence-electron chi connectivity index (χ1n) is 6.83. The number of rotatable bonds is 3. The molecule has 4 nitrogen and oxygen atoms in total. The van der Waals surface area contributed by atoms with Crippen LogP contribution in [0.4, 0.5) is 0 Å². The smallest absolute Gasteiger partial charge is 0.265 e. The topological polar surface area (TPSA) is 60.0 Å². The number of para-hydroxylation sites is 1. The van der Waals surface area contributed by atoms with Gasteiger partial charge >= 0.3 is 0 Å². The van der Waals surface area contributed by atoms with Crippen molar-refractivity contribution in [3.05, 3.63) is 71.4 Å². The average Bonchev–Trinajstić information content (AvgIpc) is 2.83. The summed E-state index contributed by atoms with van der Waals surface area (Å²) in [7, 11) is 0. The molecule has 3 rings (SSSR count). The molecular formula is C17H17N3O. The molecule has 3 N–H and O–H groups in total. The van der Waals surface area contributed by atoms with Crippen LogP contribution in [0, 0.1) is 6.92 Å². The van der Waals surface area contributed by atoms with E-state index >= 15 is 0 Å². The van der Waals surface area contributed by atoms with Crippen LogP contribution in [0.15, 0.2) is 54.7 Å². The minimum absolute atomic E-state index is 0.273. The summed E-state index contributed by atoms with van der Waals surface area (Å²) in [5, 5.41) is 1.26. The number of hydrogen-bond acceptors (Lipinski definition) is 2. The van der Waals surface area contributed by atoms with Gasteiger partial charge in [-0.3, -0.25) is 10.2 Å². The third-order valence-corrected chi connectivity index (χ3v) is 3.66. The van der Waals surface area contributed by atoms with Crippen molar-refractivity contribution in [1.29, 1.82) is 0 Å². The molecule has 0 unspecified atom stereocenters. The molecule has 4 heteroatoms. The second-order valence-corrected chi connectivity index (χ2v) is 5.13. The summed E-state index contributed by atoms with van der Waals surface area (Å²) in [4.78, 5) is 11.6. The maximum atomic E-state index is 11.6. The summed E-state index contributed by atoms with van der Waals surface area (Å²) >= 11 is 0. The number of carbonyl (C=O) groups excluding carboxylic acids is 1. The van der Waals surface area contributed by atoms with Gasteiger partial charge in [-0.15, -0.1) is 0 Å². The summed E-state index contributed by atoms with van der Waals surface area (Å²) in [6.07, 6.45) is 2.14. The summed E-state index contributed by atoms with van der Waals surface area (Å²) in [5.41, 5.74) is 6.25. The van der Waals surface area contributed by atoms with Gasteiger partial charge in [0.1, 0.15) is 0 Å². The second-order valence-electron chi connectivity index (χ2n) is 5.13. The number of carbonyl (C=O) groups is 1. The van der Waals surface area contributed by atoms with Gasteiger partial charge in [0.15, 0.2) is 0 Å². The third kappa shape index (κ3) is 2.53. The summed E-state index contributed by atoms with van der Waals surface area (Å²) in [6.45, 7) is 2.83.